The number of hydrogen-bond donors (Lipinski definition) is 0. The Labute approximate surface area is 131 Å². The Kier molecular flexibility index (Phi) is 5.51. The van der Waals surface area contributed by atoms with Crippen molar-refractivity contribution in [3.8, 4) is 5.75 Å². The number of aromatic nitrogens is 1. The molecule has 0 radical (unpaired) electrons. The minimum atomic E-state index is -0.678. The van der Waals surface area contributed by atoms with Gasteiger partial charge in [-0.2, -0.15) is 0 Å². The molecule has 0 fully saturated rings. The lowest BCUT2D eigenvalue weighted by Gasteiger charge is -2.12. The topological polar surface area (TPSA) is 57.7 Å². The van der Waals surface area contributed by atoms with Gasteiger partial charge >= 0.3 is 5.97 Å². The Morgan fingerprint density at radius 2 is 2.09 bits per heavy atom. The number of halogens is 2. The average molecular weight is 328 g/mol. The van der Waals surface area contributed by atoms with Gasteiger partial charge in [-0.05, 0) is 12.1 Å². The summed E-state index contributed by atoms with van der Waals surface area (Å²) in [6.07, 6.45) is 0.640. The standard InChI is InChI=1S/C15H15ClFNO4/c1-20-6-3-7-22-12-8-11(15(19)21-2)18-14-10(17)5-4-9(16)13(12)14/h4-5,8H,3,6-7H2,1-2H3. The molecule has 0 saturated heterocycles. The molecule has 118 valence electrons. The molecule has 0 atom stereocenters. The number of pyridine rings is 1. The maximum absolute atomic E-state index is 14.0. The molecule has 1 aromatic heterocycles. The van der Waals surface area contributed by atoms with Crippen molar-refractivity contribution in [1.29, 1.82) is 0 Å². The molecule has 0 aliphatic rings. The Morgan fingerprint density at radius 3 is 2.77 bits per heavy atom. The fourth-order valence-corrected chi connectivity index (χ4v) is 2.19. The summed E-state index contributed by atoms with van der Waals surface area (Å²) < 4.78 is 29.2. The number of esters is 1. The molecule has 22 heavy (non-hydrogen) atoms. The number of benzene rings is 1. The molecule has 0 aliphatic carbocycles. The van der Waals surface area contributed by atoms with E-state index in [4.69, 9.17) is 21.1 Å². The lowest BCUT2D eigenvalue weighted by atomic mass is 10.1. The third kappa shape index (κ3) is 3.45. The second kappa shape index (κ2) is 7.38. The zero-order valence-electron chi connectivity index (χ0n) is 12.2. The van der Waals surface area contributed by atoms with Crippen LogP contribution in [-0.4, -0.2) is 38.4 Å². The smallest absolute Gasteiger partial charge is 0.356 e. The van der Waals surface area contributed by atoms with Gasteiger partial charge in [-0.1, -0.05) is 11.6 Å². The molecule has 0 amide bonds. The summed E-state index contributed by atoms with van der Waals surface area (Å²) in [4.78, 5) is 15.6. The number of hydrogen-bond acceptors (Lipinski definition) is 5. The molecule has 1 heterocycles. The number of carbonyl (C=O) groups excluding carboxylic acids is 1. The van der Waals surface area contributed by atoms with E-state index in [0.29, 0.717) is 30.0 Å². The lowest BCUT2D eigenvalue weighted by Crippen LogP contribution is -2.08. The van der Waals surface area contributed by atoms with E-state index < -0.39 is 11.8 Å². The van der Waals surface area contributed by atoms with E-state index in [9.17, 15) is 9.18 Å². The Balaban J connectivity index is 2.50. The van der Waals surface area contributed by atoms with Crippen LogP contribution in [0.1, 0.15) is 16.9 Å². The highest BCUT2D eigenvalue weighted by molar-refractivity contribution is 6.36. The van der Waals surface area contributed by atoms with Gasteiger partial charge in [-0.3, -0.25) is 0 Å². The summed E-state index contributed by atoms with van der Waals surface area (Å²) >= 11 is 6.11. The van der Waals surface area contributed by atoms with Gasteiger partial charge in [0.25, 0.3) is 0 Å². The van der Waals surface area contributed by atoms with Crippen molar-refractivity contribution in [2.45, 2.75) is 6.42 Å². The summed E-state index contributed by atoms with van der Waals surface area (Å²) in [5.74, 6) is -0.985. The molecule has 5 nitrogen and oxygen atoms in total. The zero-order valence-corrected chi connectivity index (χ0v) is 12.9. The molecule has 0 unspecified atom stereocenters. The first kappa shape index (κ1) is 16.5. The summed E-state index contributed by atoms with van der Waals surface area (Å²) in [6, 6.07) is 4.00. The Bertz CT molecular complexity index is 693. The second-order valence-electron chi connectivity index (χ2n) is 4.44. The molecular weight excluding hydrogens is 313 g/mol. The summed E-state index contributed by atoms with van der Waals surface area (Å²) in [7, 11) is 2.81. The number of methoxy groups -OCH3 is 2. The van der Waals surface area contributed by atoms with E-state index in [1.165, 1.54) is 25.3 Å². The largest absolute Gasteiger partial charge is 0.493 e. The van der Waals surface area contributed by atoms with E-state index in [0.717, 1.165) is 0 Å². The quantitative estimate of drug-likeness (QED) is 0.602. The van der Waals surface area contributed by atoms with E-state index in [1.54, 1.807) is 7.11 Å². The molecular formula is C15H15ClFNO4. The van der Waals surface area contributed by atoms with Crippen molar-refractivity contribution < 1.29 is 23.4 Å². The molecule has 0 N–H and O–H groups in total. The third-order valence-electron chi connectivity index (χ3n) is 2.97. The van der Waals surface area contributed by atoms with Crippen molar-refractivity contribution in [3.63, 3.8) is 0 Å². The number of fused-ring (bicyclic) bond motifs is 1. The van der Waals surface area contributed by atoms with Crippen molar-refractivity contribution >= 4 is 28.5 Å². The molecule has 2 rings (SSSR count). The van der Waals surface area contributed by atoms with Gasteiger partial charge < -0.3 is 14.2 Å². The second-order valence-corrected chi connectivity index (χ2v) is 4.85. The van der Waals surface area contributed by atoms with Gasteiger partial charge in [0.05, 0.1) is 24.1 Å². The van der Waals surface area contributed by atoms with E-state index >= 15 is 0 Å². The van der Waals surface area contributed by atoms with E-state index in [-0.39, 0.29) is 17.0 Å². The van der Waals surface area contributed by atoms with Crippen molar-refractivity contribution in [2.75, 3.05) is 27.4 Å². The number of rotatable bonds is 6. The summed E-state index contributed by atoms with van der Waals surface area (Å²) in [5.41, 5.74) is -0.0740. The first-order valence-electron chi connectivity index (χ1n) is 6.57. The molecule has 0 bridgehead atoms. The highest BCUT2D eigenvalue weighted by atomic mass is 35.5. The van der Waals surface area contributed by atoms with Crippen molar-refractivity contribution in [2.24, 2.45) is 0 Å². The first-order valence-corrected chi connectivity index (χ1v) is 6.95. The Morgan fingerprint density at radius 1 is 1.32 bits per heavy atom. The SMILES string of the molecule is COCCCOc1cc(C(=O)OC)nc2c(F)ccc(Cl)c12. The van der Waals surface area contributed by atoms with Gasteiger partial charge in [0.15, 0.2) is 5.69 Å². The van der Waals surface area contributed by atoms with E-state index in [2.05, 4.69) is 9.72 Å². The predicted octanol–water partition coefficient (Wildman–Crippen LogP) is 3.23. The van der Waals surface area contributed by atoms with Gasteiger partial charge in [0, 0.05) is 26.2 Å². The molecule has 1 aromatic carbocycles. The lowest BCUT2D eigenvalue weighted by molar-refractivity contribution is 0.0594. The summed E-state index contributed by atoms with van der Waals surface area (Å²) in [5, 5.41) is 0.619. The fraction of sp³-hybridized carbons (Fsp3) is 0.333. The average Bonchev–Trinajstić information content (AvgIpc) is 2.53. The van der Waals surface area contributed by atoms with Gasteiger partial charge in [-0.25, -0.2) is 14.2 Å². The van der Waals surface area contributed by atoms with Crippen LogP contribution in [0.3, 0.4) is 0 Å². The summed E-state index contributed by atoms with van der Waals surface area (Å²) in [6.45, 7) is 0.857. The highest BCUT2D eigenvalue weighted by Crippen LogP contribution is 2.33. The van der Waals surface area contributed by atoms with Crippen LogP contribution in [-0.2, 0) is 9.47 Å². The van der Waals surface area contributed by atoms with Gasteiger partial charge in [0.2, 0.25) is 0 Å². The number of nitrogens with zero attached hydrogens (tertiary/aromatic N) is 1. The van der Waals surface area contributed by atoms with Crippen LogP contribution in [0, 0.1) is 5.82 Å². The van der Waals surface area contributed by atoms with Crippen molar-refractivity contribution in [1.82, 2.24) is 4.98 Å². The maximum Gasteiger partial charge on any atom is 0.356 e. The molecule has 0 aliphatic heterocycles. The van der Waals surface area contributed by atoms with Crippen LogP contribution in [0.25, 0.3) is 10.9 Å². The fourth-order valence-electron chi connectivity index (χ4n) is 1.94. The molecule has 0 saturated carbocycles. The predicted molar refractivity (Wildman–Crippen MR) is 80.0 cm³/mol. The third-order valence-corrected chi connectivity index (χ3v) is 3.28. The van der Waals surface area contributed by atoms with Gasteiger partial charge in [0.1, 0.15) is 17.1 Å². The Hall–Kier alpha value is -1.92. The van der Waals surface area contributed by atoms with Crippen LogP contribution in [0.2, 0.25) is 5.02 Å². The number of carbonyl (C=O) groups is 1. The highest BCUT2D eigenvalue weighted by Gasteiger charge is 2.18. The van der Waals surface area contributed by atoms with Gasteiger partial charge in [-0.15, -0.1) is 0 Å². The van der Waals surface area contributed by atoms with Crippen LogP contribution < -0.4 is 4.74 Å². The van der Waals surface area contributed by atoms with Crippen LogP contribution >= 0.6 is 11.6 Å². The molecule has 0 spiro atoms. The molecule has 7 heteroatoms. The minimum absolute atomic E-state index is 0.0304. The molecule has 2 aromatic rings. The maximum atomic E-state index is 14.0. The minimum Gasteiger partial charge on any atom is -0.493 e. The van der Waals surface area contributed by atoms with Crippen LogP contribution in [0.15, 0.2) is 18.2 Å². The normalized spacial score (nSPS) is 10.7. The zero-order chi connectivity index (χ0) is 16.1. The number of ether oxygens (including phenoxy) is 3. The first-order chi connectivity index (χ1) is 10.6. The van der Waals surface area contributed by atoms with Crippen LogP contribution in [0.4, 0.5) is 4.39 Å². The monoisotopic (exact) mass is 327 g/mol. The van der Waals surface area contributed by atoms with E-state index in [1.807, 2.05) is 0 Å². The van der Waals surface area contributed by atoms with Crippen LogP contribution in [0.5, 0.6) is 5.75 Å². The van der Waals surface area contributed by atoms with Crippen molar-refractivity contribution in [3.05, 3.63) is 34.7 Å².